The van der Waals surface area contributed by atoms with Crippen molar-refractivity contribution in [1.82, 2.24) is 14.0 Å². The highest BCUT2D eigenvalue weighted by atomic mass is 16.2. The van der Waals surface area contributed by atoms with E-state index in [1.165, 1.54) is 4.57 Å². The third-order valence-electron chi connectivity index (χ3n) is 5.76. The van der Waals surface area contributed by atoms with Crippen molar-refractivity contribution in [3.63, 3.8) is 0 Å². The molecule has 1 aromatic heterocycles. The van der Waals surface area contributed by atoms with Gasteiger partial charge in [0.15, 0.2) is 0 Å². The van der Waals surface area contributed by atoms with E-state index in [0.717, 1.165) is 29.4 Å². The molecule has 1 fully saturated rings. The summed E-state index contributed by atoms with van der Waals surface area (Å²) in [6.45, 7) is 4.63. The topological polar surface area (TPSA) is 64.3 Å². The van der Waals surface area contributed by atoms with Crippen LogP contribution in [0.3, 0.4) is 0 Å². The molecule has 2 heterocycles. The molecular formula is C23H25N3O3. The highest BCUT2D eigenvalue weighted by molar-refractivity contribution is 5.82. The molecule has 1 aliphatic heterocycles. The zero-order valence-corrected chi connectivity index (χ0v) is 16.8. The third-order valence-corrected chi connectivity index (χ3v) is 5.76. The van der Waals surface area contributed by atoms with Crippen LogP contribution in [0.5, 0.6) is 0 Å². The van der Waals surface area contributed by atoms with Crippen molar-refractivity contribution in [2.24, 2.45) is 0 Å². The lowest BCUT2D eigenvalue weighted by Gasteiger charge is -2.33. The molecule has 0 bridgehead atoms. The molecule has 0 saturated carbocycles. The Morgan fingerprint density at radius 2 is 1.76 bits per heavy atom. The van der Waals surface area contributed by atoms with Crippen molar-refractivity contribution in [3.05, 3.63) is 74.9 Å². The van der Waals surface area contributed by atoms with Gasteiger partial charge in [-0.2, -0.15) is 0 Å². The number of amides is 1. The minimum atomic E-state index is -0.490. The number of rotatable bonds is 3. The predicted molar refractivity (Wildman–Crippen MR) is 114 cm³/mol. The fraction of sp³-hybridized carbons (Fsp3) is 0.348. The molecule has 1 atom stereocenters. The fourth-order valence-electron chi connectivity index (χ4n) is 4.09. The lowest BCUT2D eigenvalue weighted by molar-refractivity contribution is -0.135. The maximum absolute atomic E-state index is 13.3. The first kappa shape index (κ1) is 19.2. The standard InChI is InChI=1S/C23H25N3O3/c1-16-10-12-18(13-11-16)26-22(28)19-8-3-4-9-20(19)25(23(26)29)15-21(27)24-14-6-5-7-17(24)2/h3-4,8-13,17H,5-7,14-15H2,1-2H3/t17-/m1/s1. The van der Waals surface area contributed by atoms with E-state index < -0.39 is 5.69 Å². The van der Waals surface area contributed by atoms with Crippen LogP contribution < -0.4 is 11.2 Å². The van der Waals surface area contributed by atoms with Gasteiger partial charge in [-0.05, 0) is 57.4 Å². The number of carbonyl (C=O) groups excluding carboxylic acids is 1. The number of hydrogen-bond donors (Lipinski definition) is 0. The number of hydrogen-bond acceptors (Lipinski definition) is 3. The van der Waals surface area contributed by atoms with E-state index in [2.05, 4.69) is 0 Å². The number of para-hydroxylation sites is 1. The summed E-state index contributed by atoms with van der Waals surface area (Å²) < 4.78 is 2.59. The van der Waals surface area contributed by atoms with Crippen LogP contribution in [0, 0.1) is 6.92 Å². The first-order valence-electron chi connectivity index (χ1n) is 10.1. The van der Waals surface area contributed by atoms with E-state index in [-0.39, 0.29) is 24.1 Å². The molecule has 1 saturated heterocycles. The Kier molecular flexibility index (Phi) is 5.09. The molecule has 0 unspecified atom stereocenters. The molecule has 29 heavy (non-hydrogen) atoms. The van der Waals surface area contributed by atoms with Gasteiger partial charge < -0.3 is 4.90 Å². The highest BCUT2D eigenvalue weighted by Gasteiger charge is 2.25. The number of nitrogens with zero attached hydrogens (tertiary/aromatic N) is 3. The normalized spacial score (nSPS) is 16.9. The third kappa shape index (κ3) is 3.50. The van der Waals surface area contributed by atoms with E-state index >= 15 is 0 Å². The number of fused-ring (bicyclic) bond motifs is 1. The fourth-order valence-corrected chi connectivity index (χ4v) is 4.09. The summed E-state index contributed by atoms with van der Waals surface area (Å²) in [5.41, 5.74) is 1.17. The van der Waals surface area contributed by atoms with Crippen LogP contribution in [0.15, 0.2) is 58.1 Å². The average Bonchev–Trinajstić information content (AvgIpc) is 2.73. The minimum Gasteiger partial charge on any atom is -0.338 e. The van der Waals surface area contributed by atoms with Crippen molar-refractivity contribution in [3.8, 4) is 5.69 Å². The molecule has 3 aromatic rings. The second kappa shape index (κ2) is 7.70. The summed E-state index contributed by atoms with van der Waals surface area (Å²) in [7, 11) is 0. The quantitative estimate of drug-likeness (QED) is 0.690. The Labute approximate surface area is 169 Å². The summed E-state index contributed by atoms with van der Waals surface area (Å²) in [6, 6.07) is 14.4. The number of aromatic nitrogens is 2. The molecule has 0 radical (unpaired) electrons. The molecule has 1 aliphatic rings. The Balaban J connectivity index is 1.87. The highest BCUT2D eigenvalue weighted by Crippen LogP contribution is 2.17. The van der Waals surface area contributed by atoms with Crippen molar-refractivity contribution in [2.75, 3.05) is 6.54 Å². The minimum absolute atomic E-state index is 0.0736. The molecular weight excluding hydrogens is 366 g/mol. The maximum atomic E-state index is 13.3. The van der Waals surface area contributed by atoms with Crippen LogP contribution in [0.25, 0.3) is 16.6 Å². The van der Waals surface area contributed by atoms with Gasteiger partial charge in [-0.25, -0.2) is 9.36 Å². The molecule has 4 rings (SSSR count). The summed E-state index contributed by atoms with van der Waals surface area (Å²) >= 11 is 0. The first-order chi connectivity index (χ1) is 14.0. The van der Waals surface area contributed by atoms with E-state index in [9.17, 15) is 14.4 Å². The zero-order valence-electron chi connectivity index (χ0n) is 16.8. The molecule has 0 N–H and O–H groups in total. The van der Waals surface area contributed by atoms with Gasteiger partial charge in [-0.15, -0.1) is 0 Å². The van der Waals surface area contributed by atoms with Gasteiger partial charge in [0.1, 0.15) is 6.54 Å². The summed E-state index contributed by atoms with van der Waals surface area (Å²) in [5, 5.41) is 0.423. The summed E-state index contributed by atoms with van der Waals surface area (Å²) in [4.78, 5) is 41.3. The summed E-state index contributed by atoms with van der Waals surface area (Å²) in [6.07, 6.45) is 3.07. The van der Waals surface area contributed by atoms with Crippen molar-refractivity contribution in [1.29, 1.82) is 0 Å². The molecule has 6 heteroatoms. The van der Waals surface area contributed by atoms with Crippen molar-refractivity contribution >= 4 is 16.8 Å². The van der Waals surface area contributed by atoms with Crippen LogP contribution in [0.2, 0.25) is 0 Å². The molecule has 6 nitrogen and oxygen atoms in total. The van der Waals surface area contributed by atoms with Gasteiger partial charge in [0, 0.05) is 12.6 Å². The second-order valence-electron chi connectivity index (χ2n) is 7.79. The summed E-state index contributed by atoms with van der Waals surface area (Å²) in [5.74, 6) is -0.0847. The Morgan fingerprint density at radius 1 is 1.03 bits per heavy atom. The monoisotopic (exact) mass is 391 g/mol. The van der Waals surface area contributed by atoms with E-state index in [1.807, 2.05) is 30.9 Å². The largest absolute Gasteiger partial charge is 0.338 e. The number of likely N-dealkylation sites (tertiary alicyclic amines) is 1. The van der Waals surface area contributed by atoms with E-state index in [4.69, 9.17) is 0 Å². The van der Waals surface area contributed by atoms with Gasteiger partial charge in [-0.1, -0.05) is 29.8 Å². The van der Waals surface area contributed by atoms with Crippen molar-refractivity contribution < 1.29 is 4.79 Å². The van der Waals surface area contributed by atoms with Gasteiger partial charge in [0.25, 0.3) is 5.56 Å². The van der Waals surface area contributed by atoms with E-state index in [0.29, 0.717) is 23.1 Å². The smallest absolute Gasteiger partial charge is 0.336 e. The average molecular weight is 391 g/mol. The number of carbonyl (C=O) groups is 1. The van der Waals surface area contributed by atoms with Gasteiger partial charge in [0.2, 0.25) is 5.91 Å². The zero-order chi connectivity index (χ0) is 20.5. The van der Waals surface area contributed by atoms with E-state index in [1.54, 1.807) is 36.4 Å². The van der Waals surface area contributed by atoms with Crippen LogP contribution in [0.1, 0.15) is 31.7 Å². The van der Waals surface area contributed by atoms with Gasteiger partial charge >= 0.3 is 5.69 Å². The predicted octanol–water partition coefficient (Wildman–Crippen LogP) is 2.86. The molecule has 1 amide bonds. The molecule has 0 aliphatic carbocycles. The lowest BCUT2D eigenvalue weighted by atomic mass is 10.0. The molecule has 2 aromatic carbocycles. The maximum Gasteiger partial charge on any atom is 0.336 e. The van der Waals surface area contributed by atoms with Gasteiger partial charge in [0.05, 0.1) is 16.6 Å². The Hall–Kier alpha value is -3.15. The van der Waals surface area contributed by atoms with Crippen LogP contribution >= 0.6 is 0 Å². The number of aryl methyl sites for hydroxylation is 1. The SMILES string of the molecule is Cc1ccc(-n2c(=O)c3ccccc3n(CC(=O)N3CCCC[C@H]3C)c2=O)cc1. The molecule has 150 valence electrons. The number of benzene rings is 2. The second-order valence-corrected chi connectivity index (χ2v) is 7.79. The van der Waals surface area contributed by atoms with Crippen LogP contribution in [-0.2, 0) is 11.3 Å². The van der Waals surface area contributed by atoms with Crippen molar-refractivity contribution in [2.45, 2.75) is 45.7 Å². The lowest BCUT2D eigenvalue weighted by Crippen LogP contribution is -2.46. The Bertz CT molecular complexity index is 1170. The molecule has 0 spiro atoms. The Morgan fingerprint density at radius 3 is 2.48 bits per heavy atom. The van der Waals surface area contributed by atoms with Gasteiger partial charge in [-0.3, -0.25) is 14.2 Å². The first-order valence-corrected chi connectivity index (χ1v) is 10.1. The van der Waals surface area contributed by atoms with Crippen LogP contribution in [0.4, 0.5) is 0 Å². The van der Waals surface area contributed by atoms with Crippen LogP contribution in [-0.4, -0.2) is 32.5 Å². The number of piperidine rings is 1.